The van der Waals surface area contributed by atoms with Gasteiger partial charge < -0.3 is 9.73 Å². The monoisotopic (exact) mass is 363 g/mol. The first-order chi connectivity index (χ1) is 8.25. The van der Waals surface area contributed by atoms with E-state index < -0.39 is 0 Å². The van der Waals surface area contributed by atoms with Gasteiger partial charge in [0.2, 0.25) is 0 Å². The van der Waals surface area contributed by atoms with Gasteiger partial charge in [-0.25, -0.2) is 0 Å². The molecule has 0 aliphatic heterocycles. The number of halogens is 2. The van der Waals surface area contributed by atoms with E-state index in [0.29, 0.717) is 6.04 Å². The smallest absolute Gasteiger partial charge is 0.183 e. The van der Waals surface area contributed by atoms with Crippen LogP contribution in [0.4, 0.5) is 0 Å². The maximum Gasteiger partial charge on any atom is 0.183 e. The molecule has 1 heterocycles. The van der Waals surface area contributed by atoms with Crippen molar-refractivity contribution in [3.8, 4) is 0 Å². The van der Waals surface area contributed by atoms with Gasteiger partial charge in [-0.2, -0.15) is 0 Å². The van der Waals surface area contributed by atoms with Gasteiger partial charge in [-0.3, -0.25) is 0 Å². The van der Waals surface area contributed by atoms with E-state index in [1.807, 2.05) is 6.07 Å². The number of furan rings is 1. The minimum absolute atomic E-state index is 0.665. The molecule has 0 unspecified atom stereocenters. The van der Waals surface area contributed by atoms with Gasteiger partial charge in [0.25, 0.3) is 0 Å². The van der Waals surface area contributed by atoms with E-state index in [0.717, 1.165) is 21.4 Å². The zero-order valence-electron chi connectivity index (χ0n) is 9.98. The van der Waals surface area contributed by atoms with Crippen molar-refractivity contribution in [1.29, 1.82) is 0 Å². The Morgan fingerprint density at radius 1 is 1.12 bits per heavy atom. The lowest BCUT2D eigenvalue weighted by Gasteiger charge is -2.20. The highest BCUT2D eigenvalue weighted by Crippen LogP contribution is 2.27. The molecule has 0 radical (unpaired) electrons. The highest BCUT2D eigenvalue weighted by molar-refractivity contribution is 9.13. The third-order valence-corrected chi connectivity index (χ3v) is 5.08. The van der Waals surface area contributed by atoms with E-state index in [4.69, 9.17) is 4.42 Å². The van der Waals surface area contributed by atoms with Crippen molar-refractivity contribution in [2.75, 3.05) is 0 Å². The fourth-order valence-corrected chi connectivity index (χ4v) is 3.04. The van der Waals surface area contributed by atoms with Crippen LogP contribution in [0.5, 0.6) is 0 Å². The maximum absolute atomic E-state index is 5.57. The van der Waals surface area contributed by atoms with E-state index in [1.165, 1.54) is 44.9 Å². The first kappa shape index (κ1) is 13.6. The standard InChI is InChI=1S/C13H19Br2NO/c14-12-8-11(17-13(12)15)9-16-10-6-4-2-1-3-5-7-10/h8,10,16H,1-7,9H2. The minimum atomic E-state index is 0.665. The Labute approximate surface area is 120 Å². The Balaban J connectivity index is 1.79. The SMILES string of the molecule is Brc1cc(CNC2CCCCCCC2)oc1Br. The van der Waals surface area contributed by atoms with Gasteiger partial charge in [0.05, 0.1) is 11.0 Å². The van der Waals surface area contributed by atoms with E-state index in [-0.39, 0.29) is 0 Å². The molecule has 1 fully saturated rings. The summed E-state index contributed by atoms with van der Waals surface area (Å²) in [5.74, 6) is 0.991. The quantitative estimate of drug-likeness (QED) is 0.815. The van der Waals surface area contributed by atoms with E-state index >= 15 is 0 Å². The van der Waals surface area contributed by atoms with Gasteiger partial charge in [0.1, 0.15) is 5.76 Å². The van der Waals surface area contributed by atoms with Crippen molar-refractivity contribution in [2.45, 2.75) is 57.5 Å². The topological polar surface area (TPSA) is 25.2 Å². The highest BCUT2D eigenvalue weighted by atomic mass is 79.9. The van der Waals surface area contributed by atoms with E-state index in [1.54, 1.807) is 0 Å². The molecule has 1 N–H and O–H groups in total. The molecule has 2 nitrogen and oxygen atoms in total. The molecule has 0 atom stereocenters. The van der Waals surface area contributed by atoms with Crippen LogP contribution in [0, 0.1) is 0 Å². The molecule has 1 aliphatic carbocycles. The van der Waals surface area contributed by atoms with Crippen LogP contribution < -0.4 is 5.32 Å². The Bertz CT molecular complexity index is 324. The molecule has 1 aromatic heterocycles. The lowest BCUT2D eigenvalue weighted by Crippen LogP contribution is -2.29. The Morgan fingerprint density at radius 3 is 2.35 bits per heavy atom. The molecule has 4 heteroatoms. The number of rotatable bonds is 3. The van der Waals surface area contributed by atoms with E-state index in [2.05, 4.69) is 37.2 Å². The zero-order valence-corrected chi connectivity index (χ0v) is 13.1. The first-order valence-electron chi connectivity index (χ1n) is 6.43. The second-order valence-electron chi connectivity index (χ2n) is 4.76. The third kappa shape index (κ3) is 4.42. The Hall–Kier alpha value is 0.200. The summed E-state index contributed by atoms with van der Waals surface area (Å²) in [6.07, 6.45) is 9.56. The lowest BCUT2D eigenvalue weighted by molar-refractivity contribution is 0.368. The van der Waals surface area contributed by atoms with Crippen molar-refractivity contribution >= 4 is 31.9 Å². The average molecular weight is 365 g/mol. The minimum Gasteiger partial charge on any atom is -0.452 e. The molecular weight excluding hydrogens is 346 g/mol. The zero-order chi connectivity index (χ0) is 12.1. The van der Waals surface area contributed by atoms with Gasteiger partial charge in [-0.15, -0.1) is 0 Å². The molecule has 17 heavy (non-hydrogen) atoms. The molecule has 96 valence electrons. The van der Waals surface area contributed by atoms with Crippen molar-refractivity contribution in [2.24, 2.45) is 0 Å². The summed E-state index contributed by atoms with van der Waals surface area (Å²) in [5, 5.41) is 3.61. The fourth-order valence-electron chi connectivity index (χ4n) is 2.38. The normalized spacial score (nSPS) is 18.9. The second-order valence-corrected chi connectivity index (χ2v) is 6.33. The summed E-state index contributed by atoms with van der Waals surface area (Å²) in [6.45, 7) is 0.828. The van der Waals surface area contributed by atoms with Crippen LogP contribution in [0.3, 0.4) is 0 Å². The predicted octanol–water partition coefficient (Wildman–Crippen LogP) is 5.01. The van der Waals surface area contributed by atoms with Crippen LogP contribution >= 0.6 is 31.9 Å². The summed E-state index contributed by atoms with van der Waals surface area (Å²) < 4.78 is 7.35. The van der Waals surface area contributed by atoms with Gasteiger partial charge in [-0.1, -0.05) is 32.1 Å². The van der Waals surface area contributed by atoms with Gasteiger partial charge in [0.15, 0.2) is 4.67 Å². The Kier molecular flexibility index (Phi) is 5.57. The van der Waals surface area contributed by atoms with Crippen LogP contribution in [0.2, 0.25) is 0 Å². The van der Waals surface area contributed by atoms with E-state index in [9.17, 15) is 0 Å². The van der Waals surface area contributed by atoms with Crippen LogP contribution in [0.1, 0.15) is 50.7 Å². The van der Waals surface area contributed by atoms with Crippen molar-refractivity contribution in [3.63, 3.8) is 0 Å². The van der Waals surface area contributed by atoms with Crippen molar-refractivity contribution < 1.29 is 4.42 Å². The predicted molar refractivity (Wildman–Crippen MR) is 77.1 cm³/mol. The van der Waals surface area contributed by atoms with Gasteiger partial charge in [-0.05, 0) is 50.8 Å². The van der Waals surface area contributed by atoms with Crippen molar-refractivity contribution in [1.82, 2.24) is 5.32 Å². The summed E-state index contributed by atoms with van der Waals surface area (Å²) in [7, 11) is 0. The molecule has 0 saturated heterocycles. The summed E-state index contributed by atoms with van der Waals surface area (Å²) >= 11 is 6.80. The van der Waals surface area contributed by atoms with Crippen molar-refractivity contribution in [3.05, 3.63) is 21.0 Å². The summed E-state index contributed by atoms with van der Waals surface area (Å²) in [5.41, 5.74) is 0. The second kappa shape index (κ2) is 6.95. The van der Waals surface area contributed by atoms with Gasteiger partial charge >= 0.3 is 0 Å². The largest absolute Gasteiger partial charge is 0.452 e. The van der Waals surface area contributed by atoms with Crippen LogP contribution in [-0.4, -0.2) is 6.04 Å². The fraction of sp³-hybridized carbons (Fsp3) is 0.692. The number of nitrogens with one attached hydrogen (secondary N) is 1. The summed E-state index contributed by atoms with van der Waals surface area (Å²) in [6, 6.07) is 2.69. The molecular formula is C13H19Br2NO. The molecule has 1 aromatic rings. The number of hydrogen-bond donors (Lipinski definition) is 1. The molecule has 1 saturated carbocycles. The molecule has 2 rings (SSSR count). The number of hydrogen-bond acceptors (Lipinski definition) is 2. The maximum atomic E-state index is 5.57. The van der Waals surface area contributed by atoms with Crippen LogP contribution in [0.25, 0.3) is 0 Å². The Morgan fingerprint density at radius 2 is 1.76 bits per heavy atom. The molecule has 1 aliphatic rings. The van der Waals surface area contributed by atoms with Gasteiger partial charge in [0, 0.05) is 6.04 Å². The first-order valence-corrected chi connectivity index (χ1v) is 8.01. The average Bonchev–Trinajstić information content (AvgIpc) is 2.57. The summed E-state index contributed by atoms with van der Waals surface area (Å²) in [4.78, 5) is 0. The highest BCUT2D eigenvalue weighted by Gasteiger charge is 2.12. The van der Waals surface area contributed by atoms with Crippen LogP contribution in [-0.2, 0) is 6.54 Å². The lowest BCUT2D eigenvalue weighted by atomic mass is 9.97. The van der Waals surface area contributed by atoms with Crippen LogP contribution in [0.15, 0.2) is 19.6 Å². The molecule has 0 bridgehead atoms. The molecule has 0 spiro atoms. The third-order valence-electron chi connectivity index (χ3n) is 3.37. The molecule has 0 amide bonds. The molecule has 0 aromatic carbocycles.